The zero-order chi connectivity index (χ0) is 18.6. The Balaban J connectivity index is 1.50. The molecule has 2 unspecified atom stereocenters. The summed E-state index contributed by atoms with van der Waals surface area (Å²) in [5, 5.41) is 3.66. The largest absolute Gasteiger partial charge is 0.356 e. The first kappa shape index (κ1) is 19.6. The highest BCUT2D eigenvalue weighted by atomic mass is 32.2. The minimum absolute atomic E-state index is 0.310. The Bertz CT molecular complexity index is 601. The summed E-state index contributed by atoms with van der Waals surface area (Å²) >= 11 is 2.07. The van der Waals surface area contributed by atoms with Crippen LogP contribution in [0.25, 0.3) is 0 Å². The van der Waals surface area contributed by atoms with Gasteiger partial charge in [-0.3, -0.25) is 9.89 Å². The van der Waals surface area contributed by atoms with Crippen molar-refractivity contribution in [2.24, 2.45) is 10.9 Å². The average molecular weight is 375 g/mol. The van der Waals surface area contributed by atoms with Crippen molar-refractivity contribution in [3.63, 3.8) is 0 Å². The molecule has 0 bridgehead atoms. The number of guanidine groups is 1. The van der Waals surface area contributed by atoms with Crippen molar-refractivity contribution >= 4 is 17.7 Å². The monoisotopic (exact) mass is 374 g/mol. The molecule has 0 spiro atoms. The third-order valence-electron chi connectivity index (χ3n) is 5.50. The smallest absolute Gasteiger partial charge is 0.193 e. The molecule has 2 heterocycles. The van der Waals surface area contributed by atoms with Crippen LogP contribution >= 0.6 is 11.8 Å². The van der Waals surface area contributed by atoms with Gasteiger partial charge in [0.2, 0.25) is 0 Å². The standard InChI is InChI=1S/C21H34N4S/c1-17-12-19(15-25(17)14-18-8-6-5-7-9-18)13-23-20(22-4)24-10-11-26-21(2,3)16-24/h5-9,17,19H,10-16H2,1-4H3,(H,22,23). The van der Waals surface area contributed by atoms with Crippen LogP contribution in [0, 0.1) is 5.92 Å². The van der Waals surface area contributed by atoms with Crippen LogP contribution in [-0.4, -0.2) is 65.5 Å². The molecular weight excluding hydrogens is 340 g/mol. The van der Waals surface area contributed by atoms with Gasteiger partial charge < -0.3 is 10.2 Å². The van der Waals surface area contributed by atoms with Gasteiger partial charge in [0, 0.05) is 56.3 Å². The molecule has 2 saturated heterocycles. The Morgan fingerprint density at radius 3 is 2.77 bits per heavy atom. The Morgan fingerprint density at radius 2 is 2.08 bits per heavy atom. The fourth-order valence-corrected chi connectivity index (χ4v) is 5.28. The first-order valence-corrected chi connectivity index (χ1v) is 10.8. The van der Waals surface area contributed by atoms with Crippen molar-refractivity contribution in [2.45, 2.75) is 44.5 Å². The highest BCUT2D eigenvalue weighted by Gasteiger charge is 2.31. The zero-order valence-electron chi connectivity index (χ0n) is 16.7. The van der Waals surface area contributed by atoms with E-state index in [0.717, 1.165) is 32.1 Å². The lowest BCUT2D eigenvalue weighted by atomic mass is 10.1. The molecule has 1 aromatic carbocycles. The Hall–Kier alpha value is -1.20. The van der Waals surface area contributed by atoms with Crippen LogP contribution in [0.4, 0.5) is 0 Å². The predicted molar refractivity (Wildman–Crippen MR) is 114 cm³/mol. The van der Waals surface area contributed by atoms with Gasteiger partial charge in [-0.1, -0.05) is 30.3 Å². The molecule has 1 N–H and O–H groups in total. The average Bonchev–Trinajstić information content (AvgIpc) is 2.95. The van der Waals surface area contributed by atoms with E-state index in [0.29, 0.717) is 16.7 Å². The number of nitrogens with one attached hydrogen (secondary N) is 1. The van der Waals surface area contributed by atoms with E-state index in [9.17, 15) is 0 Å². The quantitative estimate of drug-likeness (QED) is 0.647. The van der Waals surface area contributed by atoms with Gasteiger partial charge in [-0.15, -0.1) is 0 Å². The number of aliphatic imine (C=N–C) groups is 1. The maximum absolute atomic E-state index is 4.55. The summed E-state index contributed by atoms with van der Waals surface area (Å²) in [7, 11) is 1.91. The third kappa shape index (κ3) is 5.17. The van der Waals surface area contributed by atoms with E-state index in [1.165, 1.54) is 24.3 Å². The van der Waals surface area contributed by atoms with Crippen LogP contribution < -0.4 is 5.32 Å². The van der Waals surface area contributed by atoms with Gasteiger partial charge in [0.05, 0.1) is 0 Å². The van der Waals surface area contributed by atoms with Crippen LogP contribution in [0.3, 0.4) is 0 Å². The number of hydrogen-bond donors (Lipinski definition) is 1. The van der Waals surface area contributed by atoms with Crippen LogP contribution in [-0.2, 0) is 6.54 Å². The fourth-order valence-electron chi connectivity index (χ4n) is 4.17. The molecule has 0 amide bonds. The summed E-state index contributed by atoms with van der Waals surface area (Å²) in [4.78, 5) is 9.60. The van der Waals surface area contributed by atoms with Crippen molar-refractivity contribution in [1.82, 2.24) is 15.1 Å². The Labute approximate surface area is 163 Å². The van der Waals surface area contributed by atoms with Gasteiger partial charge in [0.25, 0.3) is 0 Å². The zero-order valence-corrected chi connectivity index (χ0v) is 17.6. The second kappa shape index (κ2) is 8.66. The van der Waals surface area contributed by atoms with E-state index in [2.05, 4.69) is 83.0 Å². The molecule has 0 saturated carbocycles. The van der Waals surface area contributed by atoms with Crippen molar-refractivity contribution in [3.8, 4) is 0 Å². The Kier molecular flexibility index (Phi) is 6.51. The van der Waals surface area contributed by atoms with E-state index >= 15 is 0 Å². The molecule has 5 heteroatoms. The molecule has 1 aromatic rings. The lowest BCUT2D eigenvalue weighted by Crippen LogP contribution is -2.51. The first-order chi connectivity index (χ1) is 12.5. The molecule has 2 aliphatic rings. The molecule has 4 nitrogen and oxygen atoms in total. The van der Waals surface area contributed by atoms with E-state index in [4.69, 9.17) is 0 Å². The van der Waals surface area contributed by atoms with Crippen molar-refractivity contribution in [1.29, 1.82) is 0 Å². The predicted octanol–water partition coefficient (Wildman–Crippen LogP) is 3.30. The van der Waals surface area contributed by atoms with Crippen molar-refractivity contribution < 1.29 is 0 Å². The number of nitrogens with zero attached hydrogens (tertiary/aromatic N) is 3. The molecule has 0 aromatic heterocycles. The lowest BCUT2D eigenvalue weighted by Gasteiger charge is -2.39. The van der Waals surface area contributed by atoms with Crippen molar-refractivity contribution in [2.75, 3.05) is 39.0 Å². The molecule has 0 radical (unpaired) electrons. The minimum atomic E-state index is 0.310. The van der Waals surface area contributed by atoms with Gasteiger partial charge in [-0.2, -0.15) is 11.8 Å². The normalized spacial score (nSPS) is 26.9. The lowest BCUT2D eigenvalue weighted by molar-refractivity contribution is 0.255. The molecule has 0 aliphatic carbocycles. The van der Waals surface area contributed by atoms with Gasteiger partial charge in [-0.25, -0.2) is 0 Å². The number of likely N-dealkylation sites (tertiary alicyclic amines) is 1. The van der Waals surface area contributed by atoms with Gasteiger partial charge in [0.15, 0.2) is 5.96 Å². The maximum atomic E-state index is 4.55. The molecule has 144 valence electrons. The first-order valence-electron chi connectivity index (χ1n) is 9.84. The number of thioether (sulfide) groups is 1. The Morgan fingerprint density at radius 1 is 1.31 bits per heavy atom. The molecule has 2 atom stereocenters. The topological polar surface area (TPSA) is 30.9 Å². The molecule has 3 rings (SSSR count). The van der Waals surface area contributed by atoms with Gasteiger partial charge >= 0.3 is 0 Å². The molecule has 2 aliphatic heterocycles. The third-order valence-corrected chi connectivity index (χ3v) is 6.80. The van der Waals surface area contributed by atoms with E-state index in [1.807, 2.05) is 7.05 Å². The highest BCUT2D eigenvalue weighted by molar-refractivity contribution is 8.00. The highest BCUT2D eigenvalue weighted by Crippen LogP contribution is 2.29. The summed E-state index contributed by atoms with van der Waals surface area (Å²) < 4.78 is 0.310. The van der Waals surface area contributed by atoms with E-state index in [-0.39, 0.29) is 0 Å². The summed E-state index contributed by atoms with van der Waals surface area (Å²) in [6, 6.07) is 11.5. The maximum Gasteiger partial charge on any atom is 0.193 e. The second-order valence-electron chi connectivity index (χ2n) is 8.32. The summed E-state index contributed by atoms with van der Waals surface area (Å²) in [6.07, 6.45) is 1.26. The van der Waals surface area contributed by atoms with E-state index in [1.54, 1.807) is 0 Å². The van der Waals surface area contributed by atoms with Gasteiger partial charge in [0.1, 0.15) is 0 Å². The minimum Gasteiger partial charge on any atom is -0.356 e. The fraction of sp³-hybridized carbons (Fsp3) is 0.667. The van der Waals surface area contributed by atoms with Crippen LogP contribution in [0.15, 0.2) is 35.3 Å². The van der Waals surface area contributed by atoms with Crippen LogP contribution in [0.5, 0.6) is 0 Å². The summed E-state index contributed by atoms with van der Waals surface area (Å²) in [5.41, 5.74) is 1.41. The number of benzene rings is 1. The number of rotatable bonds is 4. The summed E-state index contributed by atoms with van der Waals surface area (Å²) in [5.74, 6) is 2.95. The van der Waals surface area contributed by atoms with Crippen LogP contribution in [0.2, 0.25) is 0 Å². The molecule has 2 fully saturated rings. The SMILES string of the molecule is CN=C(NCC1CC(C)N(Cc2ccccc2)C1)N1CCSC(C)(C)C1. The molecule has 26 heavy (non-hydrogen) atoms. The second-order valence-corrected chi connectivity index (χ2v) is 10.1. The van der Waals surface area contributed by atoms with Crippen molar-refractivity contribution in [3.05, 3.63) is 35.9 Å². The van der Waals surface area contributed by atoms with Gasteiger partial charge in [-0.05, 0) is 38.7 Å². The molecular formula is C21H34N4S. The van der Waals surface area contributed by atoms with E-state index < -0.39 is 0 Å². The van der Waals surface area contributed by atoms with Crippen LogP contribution in [0.1, 0.15) is 32.8 Å². The number of hydrogen-bond acceptors (Lipinski definition) is 3. The summed E-state index contributed by atoms with van der Waals surface area (Å²) in [6.45, 7) is 12.4.